The van der Waals surface area contributed by atoms with E-state index in [0.29, 0.717) is 18.8 Å². The largest absolute Gasteiger partial charge is 0.373 e. The predicted molar refractivity (Wildman–Crippen MR) is 54.6 cm³/mol. The molecule has 0 saturated heterocycles. The monoisotopic (exact) mass is 192 g/mol. The Labute approximate surface area is 84.3 Å². The molecular weight excluding hydrogens is 176 g/mol. The average molecular weight is 192 g/mol. The van der Waals surface area contributed by atoms with Crippen LogP contribution in [0.4, 0.5) is 0 Å². The van der Waals surface area contributed by atoms with Crippen LogP contribution in [0.15, 0.2) is 24.5 Å². The van der Waals surface area contributed by atoms with Crippen LogP contribution in [-0.4, -0.2) is 17.1 Å². The highest BCUT2D eigenvalue weighted by Crippen LogP contribution is 2.21. The Morgan fingerprint density at radius 2 is 2.14 bits per heavy atom. The zero-order valence-electron chi connectivity index (χ0n) is 8.23. The van der Waals surface area contributed by atoms with E-state index in [2.05, 4.69) is 4.98 Å². The van der Waals surface area contributed by atoms with Crippen LogP contribution < -0.4 is 5.73 Å². The summed E-state index contributed by atoms with van der Waals surface area (Å²) >= 11 is 0. The van der Waals surface area contributed by atoms with E-state index in [-0.39, 0.29) is 0 Å². The topological polar surface area (TPSA) is 48.1 Å². The molecule has 3 nitrogen and oxygen atoms in total. The number of rotatable bonds is 3. The minimum atomic E-state index is 0.345. The highest BCUT2D eigenvalue weighted by molar-refractivity contribution is 5.08. The molecule has 2 rings (SSSR count). The van der Waals surface area contributed by atoms with Crippen molar-refractivity contribution in [2.45, 2.75) is 38.0 Å². The number of hydrogen-bond acceptors (Lipinski definition) is 3. The molecule has 2 N–H and O–H groups in total. The highest BCUT2D eigenvalue weighted by Gasteiger charge is 2.21. The van der Waals surface area contributed by atoms with Gasteiger partial charge in [0.2, 0.25) is 0 Å². The van der Waals surface area contributed by atoms with Crippen LogP contribution in [-0.2, 0) is 11.3 Å². The minimum Gasteiger partial charge on any atom is -0.373 e. The van der Waals surface area contributed by atoms with E-state index in [9.17, 15) is 0 Å². The van der Waals surface area contributed by atoms with Crippen molar-refractivity contribution in [3.05, 3.63) is 30.1 Å². The van der Waals surface area contributed by atoms with E-state index in [4.69, 9.17) is 10.5 Å². The minimum absolute atomic E-state index is 0.345. The van der Waals surface area contributed by atoms with Gasteiger partial charge < -0.3 is 10.5 Å². The van der Waals surface area contributed by atoms with Crippen molar-refractivity contribution >= 4 is 0 Å². The molecule has 1 aliphatic carbocycles. The lowest BCUT2D eigenvalue weighted by Crippen LogP contribution is -2.17. The lowest BCUT2D eigenvalue weighted by Gasteiger charge is -2.10. The SMILES string of the molecule is NC1CCC(OCc2ccncc2)C1. The van der Waals surface area contributed by atoms with Crippen LogP contribution in [0.2, 0.25) is 0 Å². The van der Waals surface area contributed by atoms with E-state index < -0.39 is 0 Å². The zero-order chi connectivity index (χ0) is 9.80. The predicted octanol–water partition coefficient (Wildman–Crippen LogP) is 1.48. The Bertz CT molecular complexity index is 276. The van der Waals surface area contributed by atoms with Crippen molar-refractivity contribution in [2.75, 3.05) is 0 Å². The Morgan fingerprint density at radius 1 is 1.36 bits per heavy atom. The fraction of sp³-hybridized carbons (Fsp3) is 0.545. The molecule has 1 aromatic rings. The first-order chi connectivity index (χ1) is 6.84. The quantitative estimate of drug-likeness (QED) is 0.789. The van der Waals surface area contributed by atoms with Crippen molar-refractivity contribution in [1.82, 2.24) is 4.98 Å². The van der Waals surface area contributed by atoms with Gasteiger partial charge in [0.1, 0.15) is 0 Å². The summed E-state index contributed by atoms with van der Waals surface area (Å²) in [6.45, 7) is 0.680. The van der Waals surface area contributed by atoms with Gasteiger partial charge in [0.25, 0.3) is 0 Å². The van der Waals surface area contributed by atoms with Crippen LogP contribution in [0.25, 0.3) is 0 Å². The summed E-state index contributed by atoms with van der Waals surface area (Å²) in [6, 6.07) is 4.31. The molecule has 0 amide bonds. The molecule has 1 fully saturated rings. The molecule has 2 atom stereocenters. The third kappa shape index (κ3) is 2.53. The summed E-state index contributed by atoms with van der Waals surface area (Å²) < 4.78 is 5.75. The summed E-state index contributed by atoms with van der Waals surface area (Å²) in [7, 11) is 0. The van der Waals surface area contributed by atoms with E-state index >= 15 is 0 Å². The molecule has 0 bridgehead atoms. The van der Waals surface area contributed by atoms with Crippen LogP contribution >= 0.6 is 0 Å². The van der Waals surface area contributed by atoms with Crippen LogP contribution in [0.5, 0.6) is 0 Å². The van der Waals surface area contributed by atoms with Gasteiger partial charge in [0.05, 0.1) is 12.7 Å². The van der Waals surface area contributed by atoms with Crippen LogP contribution in [0.1, 0.15) is 24.8 Å². The van der Waals surface area contributed by atoms with E-state index in [1.54, 1.807) is 12.4 Å². The number of nitrogens with two attached hydrogens (primary N) is 1. The van der Waals surface area contributed by atoms with Crippen LogP contribution in [0, 0.1) is 0 Å². The van der Waals surface area contributed by atoms with Crippen molar-refractivity contribution in [2.24, 2.45) is 5.73 Å². The second-order valence-electron chi connectivity index (χ2n) is 3.86. The van der Waals surface area contributed by atoms with Gasteiger partial charge in [-0.2, -0.15) is 0 Å². The third-order valence-electron chi connectivity index (χ3n) is 2.66. The molecule has 3 heteroatoms. The number of hydrogen-bond donors (Lipinski definition) is 1. The van der Waals surface area contributed by atoms with Gasteiger partial charge in [-0.1, -0.05) is 0 Å². The zero-order valence-corrected chi connectivity index (χ0v) is 8.23. The maximum absolute atomic E-state index is 5.80. The van der Waals surface area contributed by atoms with Gasteiger partial charge in [-0.3, -0.25) is 4.98 Å². The molecule has 1 aliphatic rings. The Balaban J connectivity index is 1.78. The molecule has 1 saturated carbocycles. The molecule has 0 aromatic carbocycles. The van der Waals surface area contributed by atoms with Gasteiger partial charge in [0, 0.05) is 18.4 Å². The Hall–Kier alpha value is -0.930. The van der Waals surface area contributed by atoms with Crippen molar-refractivity contribution in [3.63, 3.8) is 0 Å². The molecule has 0 spiro atoms. The standard InChI is InChI=1S/C11H16N2O/c12-10-1-2-11(7-10)14-8-9-3-5-13-6-4-9/h3-6,10-11H,1-2,7-8,12H2. The summed E-state index contributed by atoms with van der Waals surface area (Å²) in [5, 5.41) is 0. The van der Waals surface area contributed by atoms with E-state index in [0.717, 1.165) is 19.3 Å². The van der Waals surface area contributed by atoms with E-state index in [1.165, 1.54) is 5.56 Å². The lowest BCUT2D eigenvalue weighted by atomic mass is 10.2. The molecule has 0 radical (unpaired) electrons. The Kier molecular flexibility index (Phi) is 3.11. The molecular formula is C11H16N2O. The summed E-state index contributed by atoms with van der Waals surface area (Å²) in [4.78, 5) is 3.96. The molecule has 0 aliphatic heterocycles. The first kappa shape index (κ1) is 9.62. The molecule has 1 aromatic heterocycles. The number of nitrogens with zero attached hydrogens (tertiary/aromatic N) is 1. The van der Waals surface area contributed by atoms with Crippen molar-refractivity contribution < 1.29 is 4.74 Å². The summed E-state index contributed by atoms with van der Waals surface area (Å²) in [6.07, 6.45) is 7.15. The van der Waals surface area contributed by atoms with Crippen LogP contribution in [0.3, 0.4) is 0 Å². The third-order valence-corrected chi connectivity index (χ3v) is 2.66. The smallest absolute Gasteiger partial charge is 0.0721 e. The highest BCUT2D eigenvalue weighted by atomic mass is 16.5. The van der Waals surface area contributed by atoms with E-state index in [1.807, 2.05) is 12.1 Å². The summed E-state index contributed by atoms with van der Waals surface area (Å²) in [5.74, 6) is 0. The Morgan fingerprint density at radius 3 is 2.79 bits per heavy atom. The molecule has 2 unspecified atom stereocenters. The molecule has 76 valence electrons. The average Bonchev–Trinajstić information content (AvgIpc) is 2.63. The second-order valence-corrected chi connectivity index (χ2v) is 3.86. The molecule has 1 heterocycles. The van der Waals surface area contributed by atoms with Gasteiger partial charge in [0.15, 0.2) is 0 Å². The first-order valence-electron chi connectivity index (χ1n) is 5.10. The lowest BCUT2D eigenvalue weighted by molar-refractivity contribution is 0.0448. The van der Waals surface area contributed by atoms with Gasteiger partial charge in [-0.15, -0.1) is 0 Å². The first-order valence-corrected chi connectivity index (χ1v) is 5.10. The van der Waals surface area contributed by atoms with Gasteiger partial charge in [-0.05, 0) is 37.0 Å². The second kappa shape index (κ2) is 4.53. The maximum atomic E-state index is 5.80. The number of aromatic nitrogens is 1. The van der Waals surface area contributed by atoms with Gasteiger partial charge >= 0.3 is 0 Å². The normalized spacial score (nSPS) is 26.6. The van der Waals surface area contributed by atoms with Crippen molar-refractivity contribution in [1.29, 1.82) is 0 Å². The fourth-order valence-electron chi connectivity index (χ4n) is 1.82. The molecule has 14 heavy (non-hydrogen) atoms. The van der Waals surface area contributed by atoms with Gasteiger partial charge in [-0.25, -0.2) is 0 Å². The number of ether oxygens (including phenoxy) is 1. The fourth-order valence-corrected chi connectivity index (χ4v) is 1.82. The number of pyridine rings is 1. The van der Waals surface area contributed by atoms with Crippen molar-refractivity contribution in [3.8, 4) is 0 Å². The summed E-state index contributed by atoms with van der Waals surface area (Å²) in [5.41, 5.74) is 6.99. The maximum Gasteiger partial charge on any atom is 0.0721 e.